The Labute approximate surface area is 141 Å². The highest BCUT2D eigenvalue weighted by Gasteiger charge is 2.15. The summed E-state index contributed by atoms with van der Waals surface area (Å²) in [6.07, 6.45) is 1.10. The van der Waals surface area contributed by atoms with Gasteiger partial charge in [0.1, 0.15) is 19.8 Å². The summed E-state index contributed by atoms with van der Waals surface area (Å²) in [5, 5.41) is 4.05. The molecule has 0 N–H and O–H groups in total. The zero-order valence-corrected chi connectivity index (χ0v) is 14.2. The van der Waals surface area contributed by atoms with E-state index in [0.29, 0.717) is 37.6 Å². The summed E-state index contributed by atoms with van der Waals surface area (Å²) in [5.74, 6) is 1.21. The Balaban J connectivity index is 1.55. The number of aryl methyl sites for hydroxylation is 1. The predicted octanol–water partition coefficient (Wildman–Crippen LogP) is 3.96. The van der Waals surface area contributed by atoms with Crippen LogP contribution in [0.4, 0.5) is 0 Å². The molecule has 0 bridgehead atoms. The summed E-state index contributed by atoms with van der Waals surface area (Å²) in [6.45, 7) is 1.31. The molecule has 6 heteroatoms. The number of ether oxygens (including phenoxy) is 3. The SMILES string of the molecule is O=C(CCc1ccsc1)OCc1cc2c(cc1Br)OCCO2. The molecular weight excluding hydrogens is 368 g/mol. The molecule has 2 heterocycles. The fraction of sp³-hybridized carbons (Fsp3) is 0.312. The Kier molecular flexibility index (Phi) is 5.00. The van der Waals surface area contributed by atoms with Gasteiger partial charge in [0, 0.05) is 16.5 Å². The van der Waals surface area contributed by atoms with E-state index in [0.717, 1.165) is 10.0 Å². The van der Waals surface area contributed by atoms with Gasteiger partial charge in [0.05, 0.1) is 0 Å². The molecule has 0 saturated carbocycles. The van der Waals surface area contributed by atoms with E-state index in [4.69, 9.17) is 14.2 Å². The van der Waals surface area contributed by atoms with Crippen molar-refractivity contribution in [1.82, 2.24) is 0 Å². The minimum Gasteiger partial charge on any atom is -0.486 e. The predicted molar refractivity (Wildman–Crippen MR) is 87.6 cm³/mol. The zero-order chi connectivity index (χ0) is 15.4. The standard InChI is InChI=1S/C16H15BrO4S/c17-13-8-15-14(19-4-5-20-15)7-12(13)9-21-16(18)2-1-11-3-6-22-10-11/h3,6-8,10H,1-2,4-5,9H2. The summed E-state index contributed by atoms with van der Waals surface area (Å²) < 4.78 is 17.2. The molecule has 0 amide bonds. The molecule has 1 aromatic heterocycles. The van der Waals surface area contributed by atoms with Gasteiger partial charge >= 0.3 is 5.97 Å². The Morgan fingerprint density at radius 2 is 2.05 bits per heavy atom. The van der Waals surface area contributed by atoms with Gasteiger partial charge < -0.3 is 14.2 Å². The highest BCUT2D eigenvalue weighted by Crippen LogP contribution is 2.35. The number of carbonyl (C=O) groups is 1. The summed E-state index contributed by atoms with van der Waals surface area (Å²) in [6, 6.07) is 5.73. The third-order valence-electron chi connectivity index (χ3n) is 3.30. The first-order valence-corrected chi connectivity index (χ1v) is 8.70. The maximum absolute atomic E-state index is 11.8. The second kappa shape index (κ2) is 7.15. The second-order valence-electron chi connectivity index (χ2n) is 4.88. The van der Waals surface area contributed by atoms with Gasteiger partial charge in [-0.25, -0.2) is 0 Å². The number of thiophene rings is 1. The van der Waals surface area contributed by atoms with E-state index in [1.54, 1.807) is 11.3 Å². The third kappa shape index (κ3) is 3.81. The molecule has 0 radical (unpaired) electrons. The average molecular weight is 383 g/mol. The number of halogens is 1. The lowest BCUT2D eigenvalue weighted by atomic mass is 10.2. The Morgan fingerprint density at radius 3 is 2.77 bits per heavy atom. The van der Waals surface area contributed by atoms with Crippen molar-refractivity contribution in [2.24, 2.45) is 0 Å². The number of benzene rings is 1. The van der Waals surface area contributed by atoms with Crippen LogP contribution in [0.5, 0.6) is 11.5 Å². The highest BCUT2D eigenvalue weighted by atomic mass is 79.9. The van der Waals surface area contributed by atoms with Crippen molar-refractivity contribution in [2.45, 2.75) is 19.4 Å². The van der Waals surface area contributed by atoms with Gasteiger partial charge in [0.15, 0.2) is 11.5 Å². The normalized spacial score (nSPS) is 13.0. The second-order valence-corrected chi connectivity index (χ2v) is 6.51. The van der Waals surface area contributed by atoms with Crippen LogP contribution in [0.15, 0.2) is 33.4 Å². The number of rotatable bonds is 5. The Hall–Kier alpha value is -1.53. The summed E-state index contributed by atoms with van der Waals surface area (Å²) >= 11 is 5.10. The molecular formula is C16H15BrO4S. The largest absolute Gasteiger partial charge is 0.486 e. The van der Waals surface area contributed by atoms with Crippen LogP contribution in [-0.2, 0) is 22.6 Å². The molecule has 2 aromatic rings. The molecule has 1 aliphatic rings. The highest BCUT2D eigenvalue weighted by molar-refractivity contribution is 9.10. The van der Waals surface area contributed by atoms with Gasteiger partial charge in [-0.05, 0) is 40.9 Å². The zero-order valence-electron chi connectivity index (χ0n) is 11.8. The average Bonchev–Trinajstić information content (AvgIpc) is 3.04. The lowest BCUT2D eigenvalue weighted by Crippen LogP contribution is -2.15. The van der Waals surface area contributed by atoms with Gasteiger partial charge in [0.2, 0.25) is 0 Å². The first-order valence-electron chi connectivity index (χ1n) is 6.97. The number of esters is 1. The van der Waals surface area contributed by atoms with Gasteiger partial charge in [-0.2, -0.15) is 11.3 Å². The third-order valence-corrected chi connectivity index (χ3v) is 4.77. The number of hydrogen-bond donors (Lipinski definition) is 0. The van der Waals surface area contributed by atoms with Crippen molar-refractivity contribution in [3.05, 3.63) is 44.6 Å². The van der Waals surface area contributed by atoms with Crippen LogP contribution in [0.25, 0.3) is 0 Å². The maximum atomic E-state index is 11.8. The van der Waals surface area contributed by atoms with Crippen LogP contribution in [-0.4, -0.2) is 19.2 Å². The van der Waals surface area contributed by atoms with Crippen molar-refractivity contribution >= 4 is 33.2 Å². The summed E-state index contributed by atoms with van der Waals surface area (Å²) in [4.78, 5) is 11.8. The van der Waals surface area contributed by atoms with Crippen molar-refractivity contribution in [3.8, 4) is 11.5 Å². The van der Waals surface area contributed by atoms with E-state index in [2.05, 4.69) is 15.9 Å². The number of hydrogen-bond acceptors (Lipinski definition) is 5. The van der Waals surface area contributed by atoms with Crippen LogP contribution in [0, 0.1) is 0 Å². The van der Waals surface area contributed by atoms with Crippen molar-refractivity contribution in [3.63, 3.8) is 0 Å². The molecule has 4 nitrogen and oxygen atoms in total. The Bertz CT molecular complexity index is 654. The molecule has 0 atom stereocenters. The lowest BCUT2D eigenvalue weighted by Gasteiger charge is -2.19. The molecule has 1 aliphatic heterocycles. The van der Waals surface area contributed by atoms with Gasteiger partial charge in [-0.3, -0.25) is 4.79 Å². The summed E-state index contributed by atoms with van der Waals surface area (Å²) in [5.41, 5.74) is 2.04. The van der Waals surface area contributed by atoms with Crippen LogP contribution < -0.4 is 9.47 Å². The minimum absolute atomic E-state index is 0.201. The van der Waals surface area contributed by atoms with Gasteiger partial charge in [0.25, 0.3) is 0 Å². The van der Waals surface area contributed by atoms with E-state index < -0.39 is 0 Å². The van der Waals surface area contributed by atoms with E-state index in [1.807, 2.05) is 29.0 Å². The topological polar surface area (TPSA) is 44.8 Å². The minimum atomic E-state index is -0.201. The molecule has 0 aliphatic carbocycles. The van der Waals surface area contributed by atoms with E-state index >= 15 is 0 Å². The first-order chi connectivity index (χ1) is 10.7. The fourth-order valence-corrected chi connectivity index (χ4v) is 3.27. The summed E-state index contributed by atoms with van der Waals surface area (Å²) in [7, 11) is 0. The van der Waals surface area contributed by atoms with Crippen LogP contribution in [0.3, 0.4) is 0 Å². The molecule has 0 saturated heterocycles. The Morgan fingerprint density at radius 1 is 1.27 bits per heavy atom. The van der Waals surface area contributed by atoms with E-state index in [9.17, 15) is 4.79 Å². The van der Waals surface area contributed by atoms with E-state index in [-0.39, 0.29) is 12.6 Å². The van der Waals surface area contributed by atoms with Crippen molar-refractivity contribution in [2.75, 3.05) is 13.2 Å². The lowest BCUT2D eigenvalue weighted by molar-refractivity contribution is -0.144. The molecule has 0 spiro atoms. The smallest absolute Gasteiger partial charge is 0.306 e. The molecule has 0 unspecified atom stereocenters. The first kappa shape index (κ1) is 15.4. The molecule has 3 rings (SSSR count). The van der Waals surface area contributed by atoms with Gasteiger partial charge in [-0.15, -0.1) is 0 Å². The van der Waals surface area contributed by atoms with Gasteiger partial charge in [-0.1, -0.05) is 15.9 Å². The number of carbonyl (C=O) groups excluding carboxylic acids is 1. The number of fused-ring (bicyclic) bond motifs is 1. The van der Waals surface area contributed by atoms with Crippen LogP contribution in [0.2, 0.25) is 0 Å². The molecule has 1 aromatic carbocycles. The molecule has 22 heavy (non-hydrogen) atoms. The fourth-order valence-electron chi connectivity index (χ4n) is 2.13. The molecule has 116 valence electrons. The quantitative estimate of drug-likeness (QED) is 0.734. The van der Waals surface area contributed by atoms with Crippen molar-refractivity contribution < 1.29 is 19.0 Å². The van der Waals surface area contributed by atoms with Crippen LogP contribution in [0.1, 0.15) is 17.5 Å². The van der Waals surface area contributed by atoms with Crippen molar-refractivity contribution in [1.29, 1.82) is 0 Å². The molecule has 0 fully saturated rings. The monoisotopic (exact) mass is 382 g/mol. The maximum Gasteiger partial charge on any atom is 0.306 e. The van der Waals surface area contributed by atoms with E-state index in [1.165, 1.54) is 5.56 Å². The van der Waals surface area contributed by atoms with Crippen LogP contribution >= 0.6 is 27.3 Å².